The lowest BCUT2D eigenvalue weighted by atomic mass is 10.2. The zero-order valence-electron chi connectivity index (χ0n) is 14.9. The molecule has 2 rings (SSSR count). The molecule has 0 saturated carbocycles. The van der Waals surface area contributed by atoms with Crippen molar-refractivity contribution in [3.8, 4) is 0 Å². The topological polar surface area (TPSA) is 95.6 Å². The zero-order chi connectivity index (χ0) is 20.0. The fraction of sp³-hybridized carbons (Fsp3) is 0.222. The molecule has 0 aliphatic heterocycles. The molecule has 2 aromatic carbocycles. The Morgan fingerprint density at radius 3 is 2.26 bits per heavy atom. The van der Waals surface area contributed by atoms with Crippen molar-refractivity contribution >= 4 is 38.9 Å². The second-order valence-corrected chi connectivity index (χ2v) is 7.78. The lowest BCUT2D eigenvalue weighted by Gasteiger charge is -2.22. The average molecular weight is 393 g/mol. The molecule has 7 nitrogen and oxygen atoms in total. The summed E-state index contributed by atoms with van der Waals surface area (Å²) in [4.78, 5) is 23.3. The summed E-state index contributed by atoms with van der Waals surface area (Å²) in [6, 6.07) is 11.7. The Balaban J connectivity index is 2.11. The largest absolute Gasteiger partial charge is 0.326 e. The normalized spacial score (nSPS) is 10.9. The Labute approximate surface area is 157 Å². The van der Waals surface area contributed by atoms with E-state index in [1.54, 1.807) is 18.2 Å². The van der Waals surface area contributed by atoms with Crippen molar-refractivity contribution in [1.82, 2.24) is 0 Å². The van der Waals surface area contributed by atoms with Crippen molar-refractivity contribution < 1.29 is 22.4 Å². The predicted molar refractivity (Wildman–Crippen MR) is 103 cm³/mol. The highest BCUT2D eigenvalue weighted by Gasteiger charge is 2.19. The molecule has 9 heteroatoms. The standard InChI is InChI=1S/C18H20FN3O4S/c1-13(23)20-16-7-4-8-17(12-16)22(27(2,25)26)10-9-18(24)21-15-6-3-5-14(19)11-15/h3-8,11-12H,9-10H2,1-2H3,(H,20,23)(H,21,24). The summed E-state index contributed by atoms with van der Waals surface area (Å²) in [6.07, 6.45) is 0.899. The van der Waals surface area contributed by atoms with Crippen LogP contribution in [0.2, 0.25) is 0 Å². The number of amides is 2. The molecule has 0 saturated heterocycles. The number of carbonyl (C=O) groups excluding carboxylic acids is 2. The molecular weight excluding hydrogens is 373 g/mol. The molecule has 0 bridgehead atoms. The van der Waals surface area contributed by atoms with Gasteiger partial charge in [0, 0.05) is 31.3 Å². The van der Waals surface area contributed by atoms with Crippen LogP contribution >= 0.6 is 0 Å². The Morgan fingerprint density at radius 2 is 1.67 bits per heavy atom. The number of rotatable bonds is 7. The molecule has 0 heterocycles. The second-order valence-electron chi connectivity index (χ2n) is 5.88. The van der Waals surface area contributed by atoms with Crippen LogP contribution in [0.15, 0.2) is 48.5 Å². The fourth-order valence-corrected chi connectivity index (χ4v) is 3.34. The number of nitrogens with one attached hydrogen (secondary N) is 2. The summed E-state index contributed by atoms with van der Waals surface area (Å²) in [5.41, 5.74) is 1.05. The molecule has 0 fully saturated rings. The van der Waals surface area contributed by atoms with E-state index in [1.807, 2.05) is 0 Å². The quantitative estimate of drug-likeness (QED) is 0.756. The smallest absolute Gasteiger partial charge is 0.232 e. The van der Waals surface area contributed by atoms with Crippen LogP contribution in [0.4, 0.5) is 21.5 Å². The minimum atomic E-state index is -3.66. The van der Waals surface area contributed by atoms with E-state index in [-0.39, 0.29) is 18.9 Å². The van der Waals surface area contributed by atoms with Crippen LogP contribution < -0.4 is 14.9 Å². The van der Waals surface area contributed by atoms with Gasteiger partial charge >= 0.3 is 0 Å². The Kier molecular flexibility index (Phi) is 6.51. The number of halogens is 1. The van der Waals surface area contributed by atoms with Crippen molar-refractivity contribution in [1.29, 1.82) is 0 Å². The fourth-order valence-electron chi connectivity index (χ4n) is 2.42. The number of anilines is 3. The van der Waals surface area contributed by atoms with E-state index in [1.165, 1.54) is 37.3 Å². The second kappa shape index (κ2) is 8.63. The molecule has 2 aromatic rings. The number of nitrogens with zero attached hydrogens (tertiary/aromatic N) is 1. The van der Waals surface area contributed by atoms with Gasteiger partial charge in [-0.05, 0) is 36.4 Å². The van der Waals surface area contributed by atoms with E-state index in [2.05, 4.69) is 10.6 Å². The van der Waals surface area contributed by atoms with Crippen molar-refractivity contribution in [2.75, 3.05) is 27.7 Å². The van der Waals surface area contributed by atoms with Gasteiger partial charge in [-0.1, -0.05) is 12.1 Å². The van der Waals surface area contributed by atoms with Crippen LogP contribution in [0.1, 0.15) is 13.3 Å². The van der Waals surface area contributed by atoms with Crippen LogP contribution in [-0.2, 0) is 19.6 Å². The van der Waals surface area contributed by atoms with Crippen LogP contribution in [0.3, 0.4) is 0 Å². The van der Waals surface area contributed by atoms with Gasteiger partial charge in [0.05, 0.1) is 11.9 Å². The van der Waals surface area contributed by atoms with Gasteiger partial charge in [0.1, 0.15) is 5.82 Å². The average Bonchev–Trinajstić information content (AvgIpc) is 2.53. The zero-order valence-corrected chi connectivity index (χ0v) is 15.7. The number of hydrogen-bond acceptors (Lipinski definition) is 4. The molecule has 0 aliphatic rings. The van der Waals surface area contributed by atoms with Gasteiger partial charge in [-0.25, -0.2) is 12.8 Å². The predicted octanol–water partition coefficient (Wildman–Crippen LogP) is 2.58. The van der Waals surface area contributed by atoms with Crippen molar-refractivity contribution in [2.24, 2.45) is 0 Å². The van der Waals surface area contributed by atoms with Gasteiger partial charge in [-0.2, -0.15) is 0 Å². The Hall–Kier alpha value is -2.94. The summed E-state index contributed by atoms with van der Waals surface area (Å²) in [5.74, 6) is -1.22. The first-order valence-electron chi connectivity index (χ1n) is 8.06. The first kappa shape index (κ1) is 20.4. The maximum absolute atomic E-state index is 13.2. The van der Waals surface area contributed by atoms with Gasteiger partial charge in [-0.3, -0.25) is 13.9 Å². The third-order valence-corrected chi connectivity index (χ3v) is 4.70. The molecule has 0 atom stereocenters. The molecule has 144 valence electrons. The van der Waals surface area contributed by atoms with Gasteiger partial charge in [0.15, 0.2) is 0 Å². The highest BCUT2D eigenvalue weighted by molar-refractivity contribution is 7.92. The third-order valence-electron chi connectivity index (χ3n) is 3.51. The van der Waals surface area contributed by atoms with E-state index in [0.29, 0.717) is 17.1 Å². The number of carbonyl (C=O) groups is 2. The molecule has 2 N–H and O–H groups in total. The molecule has 0 aromatic heterocycles. The van der Waals surface area contributed by atoms with E-state index in [9.17, 15) is 22.4 Å². The SMILES string of the molecule is CC(=O)Nc1cccc(N(CCC(=O)Nc2cccc(F)c2)S(C)(=O)=O)c1. The molecule has 2 amide bonds. The van der Waals surface area contributed by atoms with E-state index in [0.717, 1.165) is 10.6 Å². The molecule has 0 spiro atoms. The first-order chi connectivity index (χ1) is 12.6. The maximum atomic E-state index is 13.2. The van der Waals surface area contributed by atoms with Gasteiger partial charge in [0.25, 0.3) is 0 Å². The Morgan fingerprint density at radius 1 is 1.04 bits per heavy atom. The van der Waals surface area contributed by atoms with Gasteiger partial charge < -0.3 is 10.6 Å². The summed E-state index contributed by atoms with van der Waals surface area (Å²) in [6.45, 7) is 1.24. The number of benzene rings is 2. The van der Waals surface area contributed by atoms with Crippen molar-refractivity contribution in [2.45, 2.75) is 13.3 Å². The van der Waals surface area contributed by atoms with E-state index < -0.39 is 21.7 Å². The lowest BCUT2D eigenvalue weighted by molar-refractivity contribution is -0.116. The number of hydrogen-bond donors (Lipinski definition) is 2. The van der Waals surface area contributed by atoms with E-state index >= 15 is 0 Å². The number of sulfonamides is 1. The minimum absolute atomic E-state index is 0.108. The highest BCUT2D eigenvalue weighted by Crippen LogP contribution is 2.22. The summed E-state index contributed by atoms with van der Waals surface area (Å²) in [5, 5.41) is 5.10. The van der Waals surface area contributed by atoms with Crippen LogP contribution in [0.25, 0.3) is 0 Å². The summed E-state index contributed by atoms with van der Waals surface area (Å²) >= 11 is 0. The summed E-state index contributed by atoms with van der Waals surface area (Å²) < 4.78 is 38.5. The monoisotopic (exact) mass is 393 g/mol. The van der Waals surface area contributed by atoms with Crippen molar-refractivity contribution in [3.63, 3.8) is 0 Å². The van der Waals surface area contributed by atoms with Crippen LogP contribution in [0.5, 0.6) is 0 Å². The minimum Gasteiger partial charge on any atom is -0.326 e. The maximum Gasteiger partial charge on any atom is 0.232 e. The first-order valence-corrected chi connectivity index (χ1v) is 9.91. The van der Waals surface area contributed by atoms with E-state index in [4.69, 9.17) is 0 Å². The summed E-state index contributed by atoms with van der Waals surface area (Å²) in [7, 11) is -3.66. The molecule has 27 heavy (non-hydrogen) atoms. The molecule has 0 unspecified atom stereocenters. The van der Waals surface area contributed by atoms with Crippen molar-refractivity contribution in [3.05, 3.63) is 54.3 Å². The molecular formula is C18H20FN3O4S. The Bertz CT molecular complexity index is 947. The highest BCUT2D eigenvalue weighted by atomic mass is 32.2. The van der Waals surface area contributed by atoms with Gasteiger partial charge in [0.2, 0.25) is 21.8 Å². The van der Waals surface area contributed by atoms with Crippen LogP contribution in [0, 0.1) is 5.82 Å². The van der Waals surface area contributed by atoms with Gasteiger partial charge in [-0.15, -0.1) is 0 Å². The molecule has 0 aliphatic carbocycles. The third kappa shape index (κ3) is 6.37. The van der Waals surface area contributed by atoms with Crippen LogP contribution in [-0.4, -0.2) is 33.0 Å². The molecule has 0 radical (unpaired) electrons. The lowest BCUT2D eigenvalue weighted by Crippen LogP contribution is -2.33.